The van der Waals surface area contributed by atoms with Crippen LogP contribution >= 0.6 is 22.9 Å². The van der Waals surface area contributed by atoms with Crippen LogP contribution in [0.3, 0.4) is 0 Å². The fraction of sp³-hybridized carbons (Fsp3) is 0.308. The first-order chi connectivity index (χ1) is 10.6. The summed E-state index contributed by atoms with van der Waals surface area (Å²) < 4.78 is 10.5. The fourth-order valence-corrected chi connectivity index (χ4v) is 3.50. The lowest BCUT2D eigenvalue weighted by atomic mass is 10.3. The number of thiazole rings is 1. The van der Waals surface area contributed by atoms with E-state index in [0.29, 0.717) is 29.1 Å². The van der Waals surface area contributed by atoms with E-state index in [1.54, 1.807) is 20.0 Å². The SMILES string of the molecule is CCOC(=O)c1ncc(Cn2cnc3snc(C)c3c2=O)s1. The van der Waals surface area contributed by atoms with E-state index >= 15 is 0 Å². The second-order valence-electron chi connectivity index (χ2n) is 4.48. The number of rotatable bonds is 4. The highest BCUT2D eigenvalue weighted by molar-refractivity contribution is 7.13. The number of aromatic nitrogens is 4. The Balaban J connectivity index is 1.90. The first kappa shape index (κ1) is 14.8. The molecule has 3 heterocycles. The topological polar surface area (TPSA) is 87.0 Å². The van der Waals surface area contributed by atoms with Crippen molar-refractivity contribution in [2.75, 3.05) is 6.61 Å². The predicted octanol–water partition coefficient (Wildman–Crippen LogP) is 1.84. The van der Waals surface area contributed by atoms with Crippen molar-refractivity contribution in [1.82, 2.24) is 18.9 Å². The number of ether oxygens (including phenoxy) is 1. The van der Waals surface area contributed by atoms with Crippen LogP contribution in [0.4, 0.5) is 0 Å². The Kier molecular flexibility index (Phi) is 3.99. The Labute approximate surface area is 133 Å². The van der Waals surface area contributed by atoms with Gasteiger partial charge in [0.2, 0.25) is 5.01 Å². The number of carbonyl (C=O) groups excluding carboxylic acids is 1. The summed E-state index contributed by atoms with van der Waals surface area (Å²) in [4.78, 5) is 33.7. The van der Waals surface area contributed by atoms with Gasteiger partial charge in [0.1, 0.15) is 0 Å². The van der Waals surface area contributed by atoms with Crippen LogP contribution < -0.4 is 5.56 Å². The summed E-state index contributed by atoms with van der Waals surface area (Å²) in [6.45, 7) is 4.15. The Hall–Kier alpha value is -2.13. The normalized spacial score (nSPS) is 11.0. The lowest BCUT2D eigenvalue weighted by Crippen LogP contribution is -2.20. The molecule has 7 nitrogen and oxygen atoms in total. The van der Waals surface area contributed by atoms with Gasteiger partial charge >= 0.3 is 5.97 Å². The molecule has 114 valence electrons. The van der Waals surface area contributed by atoms with E-state index in [-0.39, 0.29) is 10.6 Å². The molecule has 9 heteroatoms. The molecule has 0 unspecified atom stereocenters. The van der Waals surface area contributed by atoms with Crippen molar-refractivity contribution in [3.63, 3.8) is 0 Å². The standard InChI is InChI=1S/C13H12N4O3S2/c1-3-20-13(19)11-14-4-8(21-11)5-17-6-15-10-9(12(17)18)7(2)16-22-10/h4,6H,3,5H2,1-2H3. The zero-order valence-corrected chi connectivity index (χ0v) is 13.5. The van der Waals surface area contributed by atoms with Gasteiger partial charge in [0, 0.05) is 11.1 Å². The molecule has 0 aromatic carbocycles. The highest BCUT2D eigenvalue weighted by Gasteiger charge is 2.14. The van der Waals surface area contributed by atoms with E-state index in [1.165, 1.54) is 33.8 Å². The van der Waals surface area contributed by atoms with Crippen molar-refractivity contribution in [3.05, 3.63) is 38.5 Å². The second kappa shape index (κ2) is 5.93. The molecule has 22 heavy (non-hydrogen) atoms. The molecule has 0 radical (unpaired) electrons. The number of hydrogen-bond donors (Lipinski definition) is 0. The van der Waals surface area contributed by atoms with Crippen molar-refractivity contribution in [1.29, 1.82) is 0 Å². The maximum Gasteiger partial charge on any atom is 0.367 e. The zero-order chi connectivity index (χ0) is 15.7. The van der Waals surface area contributed by atoms with E-state index in [2.05, 4.69) is 14.3 Å². The summed E-state index contributed by atoms with van der Waals surface area (Å²) in [5.41, 5.74) is 0.547. The molecule has 0 aliphatic rings. The third kappa shape index (κ3) is 2.64. The van der Waals surface area contributed by atoms with Gasteiger partial charge in [0.05, 0.1) is 30.6 Å². The molecule has 3 aromatic rings. The van der Waals surface area contributed by atoms with Gasteiger partial charge in [-0.3, -0.25) is 9.36 Å². The Morgan fingerprint density at radius 3 is 3.00 bits per heavy atom. The van der Waals surface area contributed by atoms with Crippen LogP contribution in [-0.4, -0.2) is 31.5 Å². The molecule has 0 aliphatic heterocycles. The predicted molar refractivity (Wildman–Crippen MR) is 83.6 cm³/mol. The molecule has 0 N–H and O–H groups in total. The van der Waals surface area contributed by atoms with E-state index < -0.39 is 5.97 Å². The summed E-state index contributed by atoms with van der Waals surface area (Å²) in [5, 5.41) is 0.829. The highest BCUT2D eigenvalue weighted by atomic mass is 32.1. The van der Waals surface area contributed by atoms with E-state index in [4.69, 9.17) is 4.74 Å². The van der Waals surface area contributed by atoms with Crippen molar-refractivity contribution < 1.29 is 9.53 Å². The summed E-state index contributed by atoms with van der Waals surface area (Å²) in [6.07, 6.45) is 3.07. The molecule has 0 atom stereocenters. The van der Waals surface area contributed by atoms with Crippen molar-refractivity contribution in [3.8, 4) is 0 Å². The van der Waals surface area contributed by atoms with E-state index in [1.807, 2.05) is 0 Å². The van der Waals surface area contributed by atoms with Gasteiger partial charge in [-0.05, 0) is 25.4 Å². The van der Waals surface area contributed by atoms with Crippen LogP contribution in [-0.2, 0) is 11.3 Å². The second-order valence-corrected chi connectivity index (χ2v) is 6.35. The average molecular weight is 336 g/mol. The van der Waals surface area contributed by atoms with Gasteiger partial charge in [0.25, 0.3) is 5.56 Å². The lowest BCUT2D eigenvalue weighted by Gasteiger charge is -2.02. The Bertz CT molecular complexity index is 896. The highest BCUT2D eigenvalue weighted by Crippen LogP contribution is 2.17. The molecule has 0 amide bonds. The number of nitrogens with zero attached hydrogens (tertiary/aromatic N) is 4. The summed E-state index contributed by atoms with van der Waals surface area (Å²) in [5.74, 6) is -0.447. The number of hydrogen-bond acceptors (Lipinski definition) is 8. The van der Waals surface area contributed by atoms with Crippen molar-refractivity contribution in [2.24, 2.45) is 0 Å². The first-order valence-electron chi connectivity index (χ1n) is 6.53. The van der Waals surface area contributed by atoms with Crippen molar-refractivity contribution in [2.45, 2.75) is 20.4 Å². The lowest BCUT2D eigenvalue weighted by molar-refractivity contribution is 0.0526. The molecule has 0 bridgehead atoms. The number of carbonyl (C=O) groups is 1. The van der Waals surface area contributed by atoms with Gasteiger partial charge in [-0.15, -0.1) is 11.3 Å². The molecule has 0 aliphatic carbocycles. The van der Waals surface area contributed by atoms with Crippen molar-refractivity contribution >= 4 is 39.1 Å². The smallest absolute Gasteiger partial charge is 0.367 e. The monoisotopic (exact) mass is 336 g/mol. The number of aryl methyl sites for hydroxylation is 1. The third-order valence-corrected chi connectivity index (χ3v) is 4.77. The minimum Gasteiger partial charge on any atom is -0.461 e. The van der Waals surface area contributed by atoms with Crippen LogP contribution in [0, 0.1) is 6.92 Å². The molecule has 0 fully saturated rings. The van der Waals surface area contributed by atoms with Gasteiger partial charge < -0.3 is 4.74 Å². The summed E-state index contributed by atoms with van der Waals surface area (Å²) in [6, 6.07) is 0. The van der Waals surface area contributed by atoms with E-state index in [9.17, 15) is 9.59 Å². The van der Waals surface area contributed by atoms with Crippen LogP contribution in [0.5, 0.6) is 0 Å². The molecule has 3 rings (SSSR count). The zero-order valence-electron chi connectivity index (χ0n) is 11.9. The average Bonchev–Trinajstić information content (AvgIpc) is 3.10. The molecule has 3 aromatic heterocycles. The first-order valence-corrected chi connectivity index (χ1v) is 8.12. The summed E-state index contributed by atoms with van der Waals surface area (Å²) in [7, 11) is 0. The molecule has 0 spiro atoms. The minimum absolute atomic E-state index is 0.137. The number of fused-ring (bicyclic) bond motifs is 1. The van der Waals surface area contributed by atoms with Gasteiger partial charge in [-0.1, -0.05) is 0 Å². The third-order valence-electron chi connectivity index (χ3n) is 2.96. The maximum absolute atomic E-state index is 12.4. The van der Waals surface area contributed by atoms with Crippen LogP contribution in [0.1, 0.15) is 27.3 Å². The molecule has 0 saturated carbocycles. The van der Waals surface area contributed by atoms with Gasteiger partial charge in [0.15, 0.2) is 4.83 Å². The maximum atomic E-state index is 12.4. The molecular weight excluding hydrogens is 324 g/mol. The van der Waals surface area contributed by atoms with Crippen LogP contribution in [0.25, 0.3) is 10.2 Å². The Morgan fingerprint density at radius 1 is 1.41 bits per heavy atom. The quantitative estimate of drug-likeness (QED) is 0.676. The van der Waals surface area contributed by atoms with Crippen LogP contribution in [0.2, 0.25) is 0 Å². The largest absolute Gasteiger partial charge is 0.461 e. The fourth-order valence-electron chi connectivity index (χ4n) is 1.96. The molecular formula is C13H12N4O3S2. The van der Waals surface area contributed by atoms with Gasteiger partial charge in [-0.25, -0.2) is 14.8 Å². The Morgan fingerprint density at radius 2 is 2.23 bits per heavy atom. The molecule has 0 saturated heterocycles. The number of esters is 1. The van der Waals surface area contributed by atoms with E-state index in [0.717, 1.165) is 4.88 Å². The van der Waals surface area contributed by atoms with Crippen LogP contribution in [0.15, 0.2) is 17.3 Å². The minimum atomic E-state index is -0.447. The summed E-state index contributed by atoms with van der Waals surface area (Å²) >= 11 is 2.42. The van der Waals surface area contributed by atoms with Gasteiger partial charge in [-0.2, -0.15) is 4.37 Å².